The zero-order valence-corrected chi connectivity index (χ0v) is 13.0. The summed E-state index contributed by atoms with van der Waals surface area (Å²) in [6.07, 6.45) is 7.10. The third-order valence-corrected chi connectivity index (χ3v) is 5.19. The van der Waals surface area contributed by atoms with Gasteiger partial charge in [0, 0.05) is 25.0 Å². The Hall–Kier alpha value is -1.10. The maximum Gasteiger partial charge on any atom is 0.240 e. The fraction of sp³-hybridized carbons (Fsp3) is 0.875. The molecule has 5 nitrogen and oxygen atoms in total. The summed E-state index contributed by atoms with van der Waals surface area (Å²) in [5.41, 5.74) is -0.404. The van der Waals surface area contributed by atoms with E-state index in [1.807, 2.05) is 11.8 Å². The van der Waals surface area contributed by atoms with E-state index in [0.29, 0.717) is 11.8 Å². The molecule has 0 bridgehead atoms. The van der Waals surface area contributed by atoms with Gasteiger partial charge < -0.3 is 15.5 Å². The molecule has 0 aromatic carbocycles. The molecule has 0 aromatic rings. The first-order chi connectivity index (χ1) is 10.1. The van der Waals surface area contributed by atoms with Crippen molar-refractivity contribution < 1.29 is 9.59 Å². The van der Waals surface area contributed by atoms with Crippen molar-refractivity contribution in [1.82, 2.24) is 15.5 Å². The number of carbonyl (C=O) groups is 2. The number of hydrogen-bond acceptors (Lipinski definition) is 3. The summed E-state index contributed by atoms with van der Waals surface area (Å²) >= 11 is 0. The van der Waals surface area contributed by atoms with E-state index in [-0.39, 0.29) is 11.9 Å². The molecule has 2 heterocycles. The summed E-state index contributed by atoms with van der Waals surface area (Å²) in [5, 5.41) is 6.55. The number of piperidine rings is 2. The number of rotatable bonds is 3. The lowest BCUT2D eigenvalue weighted by Crippen LogP contribution is -2.59. The van der Waals surface area contributed by atoms with Crippen molar-refractivity contribution in [2.45, 2.75) is 63.5 Å². The molecule has 1 saturated carbocycles. The molecule has 3 aliphatic rings. The molecule has 21 heavy (non-hydrogen) atoms. The molecule has 3 fully saturated rings. The molecule has 2 aliphatic heterocycles. The lowest BCUT2D eigenvalue weighted by atomic mass is 9.89. The molecule has 2 amide bonds. The quantitative estimate of drug-likeness (QED) is 0.817. The summed E-state index contributed by atoms with van der Waals surface area (Å²) in [5.74, 6) is 0.774. The first-order valence-corrected chi connectivity index (χ1v) is 8.43. The molecule has 5 heteroatoms. The van der Waals surface area contributed by atoms with Gasteiger partial charge in [-0.2, -0.15) is 0 Å². The topological polar surface area (TPSA) is 61.4 Å². The van der Waals surface area contributed by atoms with Crippen LogP contribution in [0.1, 0.15) is 51.9 Å². The van der Waals surface area contributed by atoms with Crippen LogP contribution in [0.4, 0.5) is 0 Å². The zero-order valence-electron chi connectivity index (χ0n) is 13.0. The Bertz CT molecular complexity index is 406. The van der Waals surface area contributed by atoms with Crippen molar-refractivity contribution >= 4 is 11.8 Å². The van der Waals surface area contributed by atoms with Gasteiger partial charge in [0.1, 0.15) is 0 Å². The maximum atomic E-state index is 12.5. The molecule has 2 saturated heterocycles. The summed E-state index contributed by atoms with van der Waals surface area (Å²) < 4.78 is 0. The highest BCUT2D eigenvalue weighted by Gasteiger charge is 2.37. The summed E-state index contributed by atoms with van der Waals surface area (Å²) in [4.78, 5) is 26.5. The lowest BCUT2D eigenvalue weighted by Gasteiger charge is -2.37. The largest absolute Gasteiger partial charge is 0.352 e. The molecular weight excluding hydrogens is 266 g/mol. The SMILES string of the molecule is CC1(C(=O)NC2CCN(C(=O)C3CC3)CC2)CCCCN1. The van der Waals surface area contributed by atoms with Crippen LogP contribution in [0.2, 0.25) is 0 Å². The van der Waals surface area contributed by atoms with E-state index in [1.165, 1.54) is 0 Å². The Morgan fingerprint density at radius 2 is 1.86 bits per heavy atom. The molecule has 118 valence electrons. The molecule has 0 aromatic heterocycles. The highest BCUT2D eigenvalue weighted by atomic mass is 16.2. The Labute approximate surface area is 126 Å². The van der Waals surface area contributed by atoms with E-state index in [9.17, 15) is 9.59 Å². The second-order valence-corrected chi connectivity index (χ2v) is 7.06. The summed E-state index contributed by atoms with van der Waals surface area (Å²) in [6.45, 7) is 4.53. The van der Waals surface area contributed by atoms with Gasteiger partial charge in [-0.3, -0.25) is 9.59 Å². The second-order valence-electron chi connectivity index (χ2n) is 7.06. The molecule has 1 unspecified atom stereocenters. The molecule has 0 radical (unpaired) electrons. The van der Waals surface area contributed by atoms with Gasteiger partial charge in [-0.1, -0.05) is 0 Å². The third-order valence-electron chi connectivity index (χ3n) is 5.19. The van der Waals surface area contributed by atoms with E-state index in [4.69, 9.17) is 0 Å². The zero-order chi connectivity index (χ0) is 14.9. The average Bonchev–Trinajstić information content (AvgIpc) is 3.33. The van der Waals surface area contributed by atoms with Crippen LogP contribution in [-0.2, 0) is 9.59 Å². The predicted molar refractivity (Wildman–Crippen MR) is 80.7 cm³/mol. The van der Waals surface area contributed by atoms with Crippen molar-refractivity contribution in [2.75, 3.05) is 19.6 Å². The van der Waals surface area contributed by atoms with Gasteiger partial charge >= 0.3 is 0 Å². The van der Waals surface area contributed by atoms with E-state index in [2.05, 4.69) is 10.6 Å². The molecule has 2 N–H and O–H groups in total. The van der Waals surface area contributed by atoms with Crippen LogP contribution in [0.25, 0.3) is 0 Å². The fourth-order valence-corrected chi connectivity index (χ4v) is 3.43. The predicted octanol–water partition coefficient (Wildman–Crippen LogP) is 1.04. The minimum Gasteiger partial charge on any atom is -0.352 e. The Morgan fingerprint density at radius 1 is 1.14 bits per heavy atom. The number of nitrogens with one attached hydrogen (secondary N) is 2. The number of likely N-dealkylation sites (tertiary alicyclic amines) is 1. The van der Waals surface area contributed by atoms with Crippen LogP contribution in [0.3, 0.4) is 0 Å². The van der Waals surface area contributed by atoms with E-state index in [0.717, 1.165) is 64.6 Å². The van der Waals surface area contributed by atoms with Crippen LogP contribution in [0, 0.1) is 5.92 Å². The molecule has 3 rings (SSSR count). The smallest absolute Gasteiger partial charge is 0.240 e. The van der Waals surface area contributed by atoms with Gasteiger partial charge in [0.2, 0.25) is 11.8 Å². The van der Waals surface area contributed by atoms with E-state index >= 15 is 0 Å². The van der Waals surface area contributed by atoms with Crippen molar-refractivity contribution in [3.05, 3.63) is 0 Å². The van der Waals surface area contributed by atoms with Crippen LogP contribution >= 0.6 is 0 Å². The minimum atomic E-state index is -0.404. The molecular formula is C16H27N3O2. The Morgan fingerprint density at radius 3 is 2.43 bits per heavy atom. The van der Waals surface area contributed by atoms with Gasteiger partial charge in [-0.15, -0.1) is 0 Å². The number of nitrogens with zero attached hydrogens (tertiary/aromatic N) is 1. The van der Waals surface area contributed by atoms with Crippen molar-refractivity contribution in [3.8, 4) is 0 Å². The van der Waals surface area contributed by atoms with Gasteiger partial charge in [-0.05, 0) is 58.4 Å². The first-order valence-electron chi connectivity index (χ1n) is 8.43. The van der Waals surface area contributed by atoms with Gasteiger partial charge in [0.05, 0.1) is 5.54 Å². The Kier molecular flexibility index (Phi) is 4.20. The molecule has 1 atom stereocenters. The van der Waals surface area contributed by atoms with E-state index in [1.54, 1.807) is 0 Å². The van der Waals surface area contributed by atoms with Gasteiger partial charge in [-0.25, -0.2) is 0 Å². The lowest BCUT2D eigenvalue weighted by molar-refractivity contribution is -0.134. The average molecular weight is 293 g/mol. The second kappa shape index (κ2) is 5.95. The van der Waals surface area contributed by atoms with Crippen molar-refractivity contribution in [1.29, 1.82) is 0 Å². The van der Waals surface area contributed by atoms with Crippen LogP contribution in [-0.4, -0.2) is 47.9 Å². The van der Waals surface area contributed by atoms with Crippen LogP contribution < -0.4 is 10.6 Å². The van der Waals surface area contributed by atoms with Gasteiger partial charge in [0.25, 0.3) is 0 Å². The highest BCUT2D eigenvalue weighted by molar-refractivity contribution is 5.86. The van der Waals surface area contributed by atoms with Crippen molar-refractivity contribution in [3.63, 3.8) is 0 Å². The van der Waals surface area contributed by atoms with Gasteiger partial charge in [0.15, 0.2) is 0 Å². The minimum absolute atomic E-state index is 0.133. The number of amides is 2. The maximum absolute atomic E-state index is 12.5. The van der Waals surface area contributed by atoms with E-state index < -0.39 is 5.54 Å². The van der Waals surface area contributed by atoms with Crippen LogP contribution in [0.15, 0.2) is 0 Å². The Balaban J connectivity index is 1.46. The molecule has 0 spiro atoms. The summed E-state index contributed by atoms with van der Waals surface area (Å²) in [7, 11) is 0. The molecule has 1 aliphatic carbocycles. The summed E-state index contributed by atoms with van der Waals surface area (Å²) in [6, 6.07) is 0.223. The highest BCUT2D eigenvalue weighted by Crippen LogP contribution is 2.32. The number of carbonyl (C=O) groups excluding carboxylic acids is 2. The number of hydrogen-bond donors (Lipinski definition) is 2. The normalized spacial score (nSPS) is 31.0. The standard InChI is InChI=1S/C16H27N3O2/c1-16(8-2-3-9-17-16)15(21)18-13-6-10-19(11-7-13)14(20)12-4-5-12/h12-13,17H,2-11H2,1H3,(H,18,21). The van der Waals surface area contributed by atoms with Crippen molar-refractivity contribution in [2.24, 2.45) is 5.92 Å². The first kappa shape index (κ1) is 14.8. The monoisotopic (exact) mass is 293 g/mol. The third kappa shape index (κ3) is 3.39. The van der Waals surface area contributed by atoms with Crippen LogP contribution in [0.5, 0.6) is 0 Å². The fourth-order valence-electron chi connectivity index (χ4n) is 3.43.